The maximum atomic E-state index is 9.04. The molecule has 0 atom stereocenters. The summed E-state index contributed by atoms with van der Waals surface area (Å²) in [5, 5.41) is 14.4. The lowest BCUT2D eigenvalue weighted by atomic mass is 10.1. The molecule has 0 aliphatic carbocycles. The van der Waals surface area contributed by atoms with Crippen LogP contribution in [0.1, 0.15) is 11.3 Å². The van der Waals surface area contributed by atoms with Crippen LogP contribution in [0.25, 0.3) is 16.9 Å². The number of rotatable bonds is 3. The molecule has 4 heteroatoms. The summed E-state index contributed by atoms with van der Waals surface area (Å²) in [6.45, 7) is 2.05. The number of nitrogens with zero attached hydrogens (tertiary/aromatic N) is 3. The van der Waals surface area contributed by atoms with Gasteiger partial charge in [0.15, 0.2) is 0 Å². The van der Waals surface area contributed by atoms with E-state index in [0.717, 1.165) is 22.6 Å². The first-order valence-electron chi connectivity index (χ1n) is 6.96. The zero-order valence-electron chi connectivity index (χ0n) is 12.1. The van der Waals surface area contributed by atoms with Crippen molar-refractivity contribution in [2.24, 2.45) is 0 Å². The molecule has 0 aliphatic rings. The highest BCUT2D eigenvalue weighted by Gasteiger charge is 2.11. The number of nitriles is 1. The van der Waals surface area contributed by atoms with Crippen LogP contribution >= 0.6 is 11.6 Å². The summed E-state index contributed by atoms with van der Waals surface area (Å²) in [7, 11) is 0. The van der Waals surface area contributed by atoms with Gasteiger partial charge in [-0.2, -0.15) is 10.4 Å². The summed E-state index contributed by atoms with van der Waals surface area (Å²) < 4.78 is 1.80. The molecule has 0 spiro atoms. The third-order valence-corrected chi connectivity index (χ3v) is 3.71. The van der Waals surface area contributed by atoms with E-state index in [1.54, 1.807) is 4.68 Å². The maximum Gasteiger partial charge on any atom is 0.0930 e. The molecule has 0 saturated carbocycles. The van der Waals surface area contributed by atoms with E-state index in [1.807, 2.05) is 42.5 Å². The second kappa shape index (κ2) is 6.05. The van der Waals surface area contributed by atoms with Gasteiger partial charge in [-0.15, -0.1) is 0 Å². The Labute approximate surface area is 134 Å². The molecule has 0 amide bonds. The molecule has 0 unspecified atom stereocenters. The van der Waals surface area contributed by atoms with E-state index in [-0.39, 0.29) is 0 Å². The van der Waals surface area contributed by atoms with E-state index in [4.69, 9.17) is 16.9 Å². The lowest BCUT2D eigenvalue weighted by Crippen LogP contribution is -2.01. The molecule has 3 rings (SSSR count). The van der Waals surface area contributed by atoms with Crippen LogP contribution in [-0.4, -0.2) is 9.78 Å². The van der Waals surface area contributed by atoms with Gasteiger partial charge in [-0.1, -0.05) is 41.4 Å². The standard InChI is InChI=1S/C18H14ClN3/c1-13-2-4-14(5-3-13)18-12-17(10-11-20)22(21-18)16-8-6-15(19)7-9-16/h2-9,12H,10H2,1H3. The molecule has 0 saturated heterocycles. The summed E-state index contributed by atoms with van der Waals surface area (Å²) in [5.74, 6) is 0. The lowest BCUT2D eigenvalue weighted by molar-refractivity contribution is 0.834. The third-order valence-electron chi connectivity index (χ3n) is 3.46. The van der Waals surface area contributed by atoms with E-state index in [0.29, 0.717) is 11.4 Å². The van der Waals surface area contributed by atoms with Crippen molar-refractivity contribution in [3.8, 4) is 23.0 Å². The van der Waals surface area contributed by atoms with Crippen molar-refractivity contribution < 1.29 is 0 Å². The number of halogens is 1. The SMILES string of the molecule is Cc1ccc(-c2cc(CC#N)n(-c3ccc(Cl)cc3)n2)cc1. The molecular weight excluding hydrogens is 294 g/mol. The van der Waals surface area contributed by atoms with Crippen molar-refractivity contribution in [3.63, 3.8) is 0 Å². The molecule has 0 aliphatic heterocycles. The first-order valence-corrected chi connectivity index (χ1v) is 7.34. The fraction of sp³-hybridized carbons (Fsp3) is 0.111. The summed E-state index contributed by atoms with van der Waals surface area (Å²) in [5.41, 5.74) is 4.87. The minimum Gasteiger partial charge on any atom is -0.236 e. The van der Waals surface area contributed by atoms with Gasteiger partial charge in [0, 0.05) is 10.6 Å². The van der Waals surface area contributed by atoms with Gasteiger partial charge in [-0.3, -0.25) is 0 Å². The minimum absolute atomic E-state index is 0.307. The molecule has 1 heterocycles. The molecule has 3 aromatic rings. The average Bonchev–Trinajstić information content (AvgIpc) is 2.93. The first-order chi connectivity index (χ1) is 10.7. The molecule has 0 radical (unpaired) electrons. The van der Waals surface area contributed by atoms with Crippen LogP contribution in [0.15, 0.2) is 54.6 Å². The van der Waals surface area contributed by atoms with E-state index in [9.17, 15) is 0 Å². The summed E-state index contributed by atoms with van der Waals surface area (Å²) >= 11 is 5.93. The van der Waals surface area contributed by atoms with Crippen molar-refractivity contribution in [1.82, 2.24) is 9.78 Å². The second-order valence-electron chi connectivity index (χ2n) is 5.11. The summed E-state index contributed by atoms with van der Waals surface area (Å²) in [4.78, 5) is 0. The van der Waals surface area contributed by atoms with Gasteiger partial charge in [0.25, 0.3) is 0 Å². The quantitative estimate of drug-likeness (QED) is 0.711. The van der Waals surface area contributed by atoms with Gasteiger partial charge in [-0.05, 0) is 37.3 Å². The van der Waals surface area contributed by atoms with Crippen LogP contribution in [0.5, 0.6) is 0 Å². The fourth-order valence-electron chi connectivity index (χ4n) is 2.30. The summed E-state index contributed by atoms with van der Waals surface area (Å²) in [6.07, 6.45) is 0.307. The highest BCUT2D eigenvalue weighted by Crippen LogP contribution is 2.23. The average molecular weight is 308 g/mol. The number of hydrogen-bond acceptors (Lipinski definition) is 2. The molecule has 0 N–H and O–H groups in total. The Morgan fingerprint density at radius 2 is 1.77 bits per heavy atom. The lowest BCUT2D eigenvalue weighted by Gasteiger charge is -2.05. The van der Waals surface area contributed by atoms with Crippen molar-refractivity contribution >= 4 is 11.6 Å². The van der Waals surface area contributed by atoms with Crippen LogP contribution in [0.3, 0.4) is 0 Å². The van der Waals surface area contributed by atoms with Gasteiger partial charge >= 0.3 is 0 Å². The van der Waals surface area contributed by atoms with Crippen LogP contribution < -0.4 is 0 Å². The topological polar surface area (TPSA) is 41.6 Å². The molecule has 1 aromatic heterocycles. The van der Waals surface area contributed by atoms with E-state index in [2.05, 4.69) is 30.2 Å². The molecule has 0 bridgehead atoms. The Kier molecular flexibility index (Phi) is 3.95. The highest BCUT2D eigenvalue weighted by atomic mass is 35.5. The van der Waals surface area contributed by atoms with E-state index >= 15 is 0 Å². The minimum atomic E-state index is 0.307. The predicted molar refractivity (Wildman–Crippen MR) is 88.1 cm³/mol. The van der Waals surface area contributed by atoms with Crippen molar-refractivity contribution in [3.05, 3.63) is 70.9 Å². The number of hydrogen-bond donors (Lipinski definition) is 0. The van der Waals surface area contributed by atoms with Crippen molar-refractivity contribution in [1.29, 1.82) is 5.26 Å². The molecule has 108 valence electrons. The van der Waals surface area contributed by atoms with Crippen molar-refractivity contribution in [2.75, 3.05) is 0 Å². The zero-order valence-corrected chi connectivity index (χ0v) is 12.9. The smallest absolute Gasteiger partial charge is 0.0930 e. The number of aromatic nitrogens is 2. The van der Waals surface area contributed by atoms with Crippen LogP contribution in [0, 0.1) is 18.3 Å². The Morgan fingerprint density at radius 3 is 2.41 bits per heavy atom. The fourth-order valence-corrected chi connectivity index (χ4v) is 2.42. The van der Waals surface area contributed by atoms with E-state index in [1.165, 1.54) is 5.56 Å². The van der Waals surface area contributed by atoms with Crippen molar-refractivity contribution in [2.45, 2.75) is 13.3 Å². The molecule has 2 aromatic carbocycles. The van der Waals surface area contributed by atoms with Gasteiger partial charge in [0.1, 0.15) is 0 Å². The largest absolute Gasteiger partial charge is 0.236 e. The van der Waals surface area contributed by atoms with E-state index < -0.39 is 0 Å². The summed E-state index contributed by atoms with van der Waals surface area (Å²) in [6, 6.07) is 19.8. The van der Waals surface area contributed by atoms with Gasteiger partial charge in [0.2, 0.25) is 0 Å². The van der Waals surface area contributed by atoms with Crippen LogP contribution in [0.2, 0.25) is 5.02 Å². The maximum absolute atomic E-state index is 9.04. The number of aryl methyl sites for hydroxylation is 1. The van der Waals surface area contributed by atoms with Gasteiger partial charge in [-0.25, -0.2) is 4.68 Å². The highest BCUT2D eigenvalue weighted by molar-refractivity contribution is 6.30. The zero-order chi connectivity index (χ0) is 15.5. The predicted octanol–water partition coefficient (Wildman–Crippen LogP) is 4.57. The molecule has 0 fully saturated rings. The van der Waals surface area contributed by atoms with Gasteiger partial charge < -0.3 is 0 Å². The Hall–Kier alpha value is -2.57. The Bertz CT molecular complexity index is 824. The monoisotopic (exact) mass is 307 g/mol. The van der Waals surface area contributed by atoms with Crippen LogP contribution in [-0.2, 0) is 6.42 Å². The third kappa shape index (κ3) is 2.88. The normalized spacial score (nSPS) is 10.4. The van der Waals surface area contributed by atoms with Gasteiger partial charge in [0.05, 0.1) is 29.6 Å². The number of benzene rings is 2. The Balaban J connectivity index is 2.08. The molecule has 3 nitrogen and oxygen atoms in total. The van der Waals surface area contributed by atoms with Crippen LogP contribution in [0.4, 0.5) is 0 Å². The Morgan fingerprint density at radius 1 is 1.09 bits per heavy atom. The first kappa shape index (κ1) is 14.4. The second-order valence-corrected chi connectivity index (χ2v) is 5.55. The molecule has 22 heavy (non-hydrogen) atoms. The molecular formula is C18H14ClN3.